The molecule has 0 unspecified atom stereocenters. The minimum absolute atomic E-state index is 0.0465. The van der Waals surface area contributed by atoms with Crippen molar-refractivity contribution in [1.82, 2.24) is 0 Å². The quantitative estimate of drug-likeness (QED) is 0.597. The van der Waals surface area contributed by atoms with Crippen molar-refractivity contribution in [2.24, 2.45) is 0 Å². The zero-order valence-electron chi connectivity index (χ0n) is 7.43. The number of carbonyl (C=O) groups excluding carboxylic acids is 2. The molecule has 0 N–H and O–H groups in total. The topological polar surface area (TPSA) is 34.1 Å². The van der Waals surface area contributed by atoms with Gasteiger partial charge in [0.2, 0.25) is 0 Å². The Morgan fingerprint density at radius 3 is 2.83 bits per heavy atom. The number of ketones is 2. The van der Waals surface area contributed by atoms with E-state index in [1.165, 1.54) is 6.92 Å². The fourth-order valence-corrected chi connectivity index (χ4v) is 1.38. The third-order valence-corrected chi connectivity index (χ3v) is 2.14. The predicted octanol–water partition coefficient (Wildman–Crippen LogP) is 2.04. The van der Waals surface area contributed by atoms with Gasteiger partial charge in [0.1, 0.15) is 5.78 Å². The molecule has 0 fully saturated rings. The van der Waals surface area contributed by atoms with Gasteiger partial charge in [-0.25, -0.2) is 0 Å². The average molecular weight is 166 g/mol. The first-order valence-corrected chi connectivity index (χ1v) is 4.42. The second-order valence-electron chi connectivity index (χ2n) is 3.25. The van der Waals surface area contributed by atoms with E-state index < -0.39 is 0 Å². The van der Waals surface area contributed by atoms with Gasteiger partial charge in [-0.2, -0.15) is 0 Å². The summed E-state index contributed by atoms with van der Waals surface area (Å²) in [6.45, 7) is 1.53. The third kappa shape index (κ3) is 2.61. The maximum Gasteiger partial charge on any atom is 0.155 e. The summed E-state index contributed by atoms with van der Waals surface area (Å²) < 4.78 is 0. The van der Waals surface area contributed by atoms with Crippen LogP contribution < -0.4 is 0 Å². The summed E-state index contributed by atoms with van der Waals surface area (Å²) in [5, 5.41) is 0. The number of allylic oxidation sites excluding steroid dienone is 2. The summed E-state index contributed by atoms with van der Waals surface area (Å²) in [4.78, 5) is 22.1. The number of rotatable bonds is 1. The molecule has 0 atom stereocenters. The molecule has 0 aliphatic heterocycles. The van der Waals surface area contributed by atoms with Crippen molar-refractivity contribution in [3.63, 3.8) is 0 Å². The lowest BCUT2D eigenvalue weighted by molar-refractivity contribution is -0.120. The van der Waals surface area contributed by atoms with E-state index in [9.17, 15) is 9.59 Å². The minimum atomic E-state index is 0.0465. The van der Waals surface area contributed by atoms with Crippen molar-refractivity contribution in [2.75, 3.05) is 0 Å². The first kappa shape index (κ1) is 9.17. The predicted molar refractivity (Wildman–Crippen MR) is 46.9 cm³/mol. The van der Waals surface area contributed by atoms with Gasteiger partial charge in [0.15, 0.2) is 5.78 Å². The molecular formula is C10H14O2. The van der Waals surface area contributed by atoms with Crippen LogP contribution in [-0.2, 0) is 9.59 Å². The second kappa shape index (κ2) is 4.19. The van der Waals surface area contributed by atoms with Crippen LogP contribution in [0.3, 0.4) is 0 Å². The van der Waals surface area contributed by atoms with E-state index in [1.807, 2.05) is 6.08 Å². The van der Waals surface area contributed by atoms with Gasteiger partial charge in [0.05, 0.1) is 0 Å². The number of hydrogen-bond acceptors (Lipinski definition) is 2. The molecule has 0 heterocycles. The van der Waals surface area contributed by atoms with Crippen molar-refractivity contribution in [1.29, 1.82) is 0 Å². The van der Waals surface area contributed by atoms with E-state index in [0.29, 0.717) is 18.4 Å². The van der Waals surface area contributed by atoms with Crippen molar-refractivity contribution < 1.29 is 9.59 Å². The Hall–Kier alpha value is -0.920. The Bertz CT molecular complexity index is 226. The molecule has 0 amide bonds. The SMILES string of the molecule is CC(=O)/C1=C/CCCCC(=O)C1. The molecule has 0 aromatic carbocycles. The molecule has 1 rings (SSSR count). The van der Waals surface area contributed by atoms with E-state index in [1.54, 1.807) is 0 Å². The van der Waals surface area contributed by atoms with Crippen LogP contribution in [-0.4, -0.2) is 11.6 Å². The number of hydrogen-bond donors (Lipinski definition) is 0. The Morgan fingerprint density at radius 1 is 1.42 bits per heavy atom. The monoisotopic (exact) mass is 166 g/mol. The molecule has 0 aromatic rings. The highest BCUT2D eigenvalue weighted by molar-refractivity contribution is 5.99. The first-order valence-electron chi connectivity index (χ1n) is 4.42. The Labute approximate surface area is 72.7 Å². The van der Waals surface area contributed by atoms with Gasteiger partial charge in [0, 0.05) is 12.8 Å². The van der Waals surface area contributed by atoms with Crippen LogP contribution in [0.2, 0.25) is 0 Å². The maximum atomic E-state index is 11.2. The van der Waals surface area contributed by atoms with Gasteiger partial charge in [-0.3, -0.25) is 9.59 Å². The fourth-order valence-electron chi connectivity index (χ4n) is 1.38. The molecular weight excluding hydrogens is 152 g/mol. The van der Waals surface area contributed by atoms with Gasteiger partial charge in [-0.05, 0) is 31.8 Å². The van der Waals surface area contributed by atoms with Crippen LogP contribution in [0.25, 0.3) is 0 Å². The van der Waals surface area contributed by atoms with E-state index in [2.05, 4.69) is 0 Å². The smallest absolute Gasteiger partial charge is 0.155 e. The third-order valence-electron chi connectivity index (χ3n) is 2.14. The van der Waals surface area contributed by atoms with E-state index >= 15 is 0 Å². The van der Waals surface area contributed by atoms with Crippen molar-refractivity contribution in [3.8, 4) is 0 Å². The molecule has 0 saturated heterocycles. The highest BCUT2D eigenvalue weighted by Gasteiger charge is 2.11. The van der Waals surface area contributed by atoms with Crippen LogP contribution in [0.1, 0.15) is 39.0 Å². The van der Waals surface area contributed by atoms with Gasteiger partial charge >= 0.3 is 0 Å². The second-order valence-corrected chi connectivity index (χ2v) is 3.25. The van der Waals surface area contributed by atoms with Gasteiger partial charge in [-0.1, -0.05) is 6.08 Å². The summed E-state index contributed by atoms with van der Waals surface area (Å²) in [5.41, 5.74) is 0.708. The summed E-state index contributed by atoms with van der Waals surface area (Å²) >= 11 is 0. The van der Waals surface area contributed by atoms with Gasteiger partial charge < -0.3 is 0 Å². The van der Waals surface area contributed by atoms with Crippen molar-refractivity contribution >= 4 is 11.6 Å². The number of carbonyl (C=O) groups is 2. The Balaban J connectivity index is 2.68. The Kier molecular flexibility index (Phi) is 3.20. The molecule has 1 aliphatic carbocycles. The van der Waals surface area contributed by atoms with E-state index in [4.69, 9.17) is 0 Å². The molecule has 12 heavy (non-hydrogen) atoms. The van der Waals surface area contributed by atoms with E-state index in [0.717, 1.165) is 19.3 Å². The summed E-state index contributed by atoms with van der Waals surface area (Å²) in [7, 11) is 0. The minimum Gasteiger partial charge on any atom is -0.299 e. The van der Waals surface area contributed by atoms with E-state index in [-0.39, 0.29) is 11.6 Å². The molecule has 1 aliphatic rings. The van der Waals surface area contributed by atoms with Gasteiger partial charge in [-0.15, -0.1) is 0 Å². The van der Waals surface area contributed by atoms with Crippen LogP contribution in [0.4, 0.5) is 0 Å². The highest BCUT2D eigenvalue weighted by Crippen LogP contribution is 2.14. The zero-order valence-corrected chi connectivity index (χ0v) is 7.43. The largest absolute Gasteiger partial charge is 0.299 e. The molecule has 0 radical (unpaired) electrons. The molecule has 0 bridgehead atoms. The van der Waals surface area contributed by atoms with Crippen LogP contribution >= 0.6 is 0 Å². The van der Waals surface area contributed by atoms with Crippen LogP contribution in [0.5, 0.6) is 0 Å². The Morgan fingerprint density at radius 2 is 2.17 bits per heavy atom. The zero-order chi connectivity index (χ0) is 8.97. The summed E-state index contributed by atoms with van der Waals surface area (Å²) in [6.07, 6.45) is 5.87. The van der Waals surface area contributed by atoms with Gasteiger partial charge in [0.25, 0.3) is 0 Å². The first-order chi connectivity index (χ1) is 5.70. The highest BCUT2D eigenvalue weighted by atomic mass is 16.1. The molecule has 2 heteroatoms. The molecule has 0 spiro atoms. The lowest BCUT2D eigenvalue weighted by Gasteiger charge is -2.07. The normalized spacial score (nSPS) is 23.8. The number of Topliss-reactive ketones (excluding diaryl/α,β-unsaturated/α-hetero) is 2. The lowest BCUT2D eigenvalue weighted by atomic mass is 9.97. The standard InChI is InChI=1S/C10H14O2/c1-8(11)9-5-3-2-4-6-10(12)7-9/h5H,2-4,6-7H2,1H3/b9-5+. The molecule has 2 nitrogen and oxygen atoms in total. The maximum absolute atomic E-state index is 11.2. The van der Waals surface area contributed by atoms with Crippen LogP contribution in [0.15, 0.2) is 11.6 Å². The fraction of sp³-hybridized carbons (Fsp3) is 0.600. The lowest BCUT2D eigenvalue weighted by Crippen LogP contribution is -2.07. The average Bonchev–Trinajstić information content (AvgIpc) is 1.95. The van der Waals surface area contributed by atoms with Crippen LogP contribution in [0, 0.1) is 0 Å². The summed E-state index contributed by atoms with van der Waals surface area (Å²) in [5.74, 6) is 0.251. The van der Waals surface area contributed by atoms with Crippen molar-refractivity contribution in [3.05, 3.63) is 11.6 Å². The van der Waals surface area contributed by atoms with Crippen molar-refractivity contribution in [2.45, 2.75) is 39.0 Å². The molecule has 66 valence electrons. The molecule has 0 aromatic heterocycles. The molecule has 0 saturated carbocycles. The summed E-state index contributed by atoms with van der Waals surface area (Å²) in [6, 6.07) is 0.